The van der Waals surface area contributed by atoms with Gasteiger partial charge < -0.3 is 15.3 Å². The van der Waals surface area contributed by atoms with Gasteiger partial charge in [0.1, 0.15) is 0 Å². The predicted molar refractivity (Wildman–Crippen MR) is 78.1 cm³/mol. The Labute approximate surface area is 123 Å². The van der Waals surface area contributed by atoms with Crippen LogP contribution in [0.25, 0.3) is 0 Å². The zero-order valence-corrected chi connectivity index (χ0v) is 12.5. The van der Waals surface area contributed by atoms with Gasteiger partial charge in [0.2, 0.25) is 5.01 Å². The van der Waals surface area contributed by atoms with Crippen molar-refractivity contribution in [1.29, 1.82) is 0 Å². The van der Waals surface area contributed by atoms with Gasteiger partial charge in [0.15, 0.2) is 0 Å². The van der Waals surface area contributed by atoms with Crippen LogP contribution in [0.3, 0.4) is 0 Å². The molecular weight excluding hydrogens is 274 g/mol. The van der Waals surface area contributed by atoms with Gasteiger partial charge in [-0.2, -0.15) is 0 Å². The van der Waals surface area contributed by atoms with Gasteiger partial charge in [0.25, 0.3) is 0 Å². The summed E-state index contributed by atoms with van der Waals surface area (Å²) >= 11 is 1.20. The summed E-state index contributed by atoms with van der Waals surface area (Å²) in [5.74, 6) is -0.935. The largest absolute Gasteiger partial charge is 0.476 e. The first-order valence-electron chi connectivity index (χ1n) is 7.26. The molecule has 3 rings (SSSR count). The molecule has 0 amide bonds. The van der Waals surface area contributed by atoms with E-state index in [4.69, 9.17) is 5.11 Å². The average Bonchev–Trinajstić information content (AvgIpc) is 2.86. The maximum atomic E-state index is 10.8. The first kappa shape index (κ1) is 14.0. The van der Waals surface area contributed by atoms with Crippen molar-refractivity contribution in [2.75, 3.05) is 7.05 Å². The zero-order valence-electron chi connectivity index (χ0n) is 11.7. The summed E-state index contributed by atoms with van der Waals surface area (Å²) in [7, 11) is 2.25. The molecular formula is C14H21N3O2S. The highest BCUT2D eigenvalue weighted by molar-refractivity contribution is 7.11. The number of carboxylic acid groups (broad SMARTS) is 1. The zero-order chi connectivity index (χ0) is 14.1. The van der Waals surface area contributed by atoms with Crippen molar-refractivity contribution in [2.24, 2.45) is 0 Å². The second kappa shape index (κ2) is 5.79. The second-order valence-electron chi connectivity index (χ2n) is 5.90. The lowest BCUT2D eigenvalue weighted by Gasteiger charge is -2.47. The molecule has 6 heteroatoms. The number of piperidine rings is 2. The summed E-state index contributed by atoms with van der Waals surface area (Å²) in [6.07, 6.45) is 6.38. The van der Waals surface area contributed by atoms with E-state index in [1.807, 2.05) is 5.38 Å². The highest BCUT2D eigenvalue weighted by Crippen LogP contribution is 2.32. The molecule has 5 nitrogen and oxygen atoms in total. The van der Waals surface area contributed by atoms with Gasteiger partial charge in [-0.15, -0.1) is 11.3 Å². The van der Waals surface area contributed by atoms with Gasteiger partial charge in [-0.1, -0.05) is 6.42 Å². The van der Waals surface area contributed by atoms with E-state index in [0.717, 1.165) is 5.69 Å². The number of hydrogen-bond acceptors (Lipinski definition) is 5. The minimum Gasteiger partial charge on any atom is -0.476 e. The lowest BCUT2D eigenvalue weighted by atomic mass is 9.82. The van der Waals surface area contributed by atoms with Crippen molar-refractivity contribution < 1.29 is 9.90 Å². The Morgan fingerprint density at radius 3 is 2.80 bits per heavy atom. The second-order valence-corrected chi connectivity index (χ2v) is 6.76. The van der Waals surface area contributed by atoms with Crippen LogP contribution in [0, 0.1) is 0 Å². The quantitative estimate of drug-likeness (QED) is 0.889. The summed E-state index contributed by atoms with van der Waals surface area (Å²) in [6.45, 7) is 0.678. The van der Waals surface area contributed by atoms with Crippen molar-refractivity contribution in [3.63, 3.8) is 0 Å². The van der Waals surface area contributed by atoms with Crippen LogP contribution in [-0.2, 0) is 6.54 Å². The molecule has 0 aliphatic carbocycles. The Balaban J connectivity index is 1.55. The summed E-state index contributed by atoms with van der Waals surface area (Å²) in [4.78, 5) is 17.5. The highest BCUT2D eigenvalue weighted by atomic mass is 32.1. The summed E-state index contributed by atoms with van der Waals surface area (Å²) in [6, 6.07) is 1.96. The van der Waals surface area contributed by atoms with Crippen molar-refractivity contribution in [1.82, 2.24) is 15.2 Å². The topological polar surface area (TPSA) is 65.5 Å². The maximum absolute atomic E-state index is 10.8. The van der Waals surface area contributed by atoms with E-state index in [-0.39, 0.29) is 5.01 Å². The molecule has 2 N–H and O–H groups in total. The molecule has 0 saturated carbocycles. The van der Waals surface area contributed by atoms with Crippen molar-refractivity contribution in [2.45, 2.75) is 56.8 Å². The molecule has 2 unspecified atom stereocenters. The van der Waals surface area contributed by atoms with E-state index in [0.29, 0.717) is 24.7 Å². The third-order valence-electron chi connectivity index (χ3n) is 4.65. The minimum atomic E-state index is -0.935. The van der Waals surface area contributed by atoms with Gasteiger partial charge in [-0.3, -0.25) is 0 Å². The number of nitrogens with one attached hydrogen (secondary N) is 1. The number of carboxylic acids is 1. The molecule has 2 atom stereocenters. The molecule has 2 aliphatic rings. The van der Waals surface area contributed by atoms with Crippen molar-refractivity contribution in [3.8, 4) is 0 Å². The van der Waals surface area contributed by atoms with Crippen LogP contribution in [0.2, 0.25) is 0 Å². The molecule has 2 saturated heterocycles. The average molecular weight is 295 g/mol. The lowest BCUT2D eigenvalue weighted by molar-refractivity contribution is 0.0482. The molecule has 2 bridgehead atoms. The molecule has 0 aromatic carbocycles. The molecule has 2 fully saturated rings. The Bertz CT molecular complexity index is 477. The van der Waals surface area contributed by atoms with Crippen LogP contribution in [0.1, 0.15) is 47.6 Å². The van der Waals surface area contributed by atoms with E-state index in [9.17, 15) is 4.79 Å². The number of hydrogen-bond donors (Lipinski definition) is 2. The molecule has 0 radical (unpaired) electrons. The smallest absolute Gasteiger partial charge is 0.365 e. The molecule has 3 heterocycles. The Morgan fingerprint density at radius 2 is 2.20 bits per heavy atom. The van der Waals surface area contributed by atoms with Crippen LogP contribution in [-0.4, -0.2) is 46.1 Å². The summed E-state index contributed by atoms with van der Waals surface area (Å²) < 4.78 is 0. The first-order chi connectivity index (χ1) is 9.63. The summed E-state index contributed by atoms with van der Waals surface area (Å²) in [5.41, 5.74) is 0.844. The van der Waals surface area contributed by atoms with Gasteiger partial charge in [-0.25, -0.2) is 9.78 Å². The van der Waals surface area contributed by atoms with Crippen LogP contribution >= 0.6 is 11.3 Å². The van der Waals surface area contributed by atoms with Gasteiger partial charge >= 0.3 is 5.97 Å². The number of carbonyl (C=O) groups is 1. The number of aromatic carboxylic acids is 1. The Morgan fingerprint density at radius 1 is 1.50 bits per heavy atom. The fraction of sp³-hybridized carbons (Fsp3) is 0.714. The Kier molecular flexibility index (Phi) is 4.05. The third kappa shape index (κ3) is 2.87. The maximum Gasteiger partial charge on any atom is 0.365 e. The third-order valence-corrected chi connectivity index (χ3v) is 5.53. The van der Waals surface area contributed by atoms with Gasteiger partial charge in [0, 0.05) is 30.1 Å². The molecule has 0 spiro atoms. The van der Waals surface area contributed by atoms with Crippen molar-refractivity contribution in [3.05, 3.63) is 16.1 Å². The van der Waals surface area contributed by atoms with Crippen LogP contribution in [0.4, 0.5) is 0 Å². The molecule has 20 heavy (non-hydrogen) atoms. The lowest BCUT2D eigenvalue weighted by Crippen LogP contribution is -2.54. The number of thiazole rings is 1. The number of fused-ring (bicyclic) bond motifs is 2. The summed E-state index contributed by atoms with van der Waals surface area (Å²) in [5, 5.41) is 14.5. The van der Waals surface area contributed by atoms with Crippen LogP contribution < -0.4 is 5.32 Å². The van der Waals surface area contributed by atoms with Gasteiger partial charge in [-0.05, 0) is 32.7 Å². The standard InChI is InChI=1S/C14H21N3O2S/c1-17-11-3-2-4-12(17)6-9(5-11)15-7-10-8-20-13(16-10)14(18)19/h8-9,11-12,15H,2-7H2,1H3,(H,18,19). The number of rotatable bonds is 4. The Hall–Kier alpha value is -0.980. The van der Waals surface area contributed by atoms with Crippen LogP contribution in [0.5, 0.6) is 0 Å². The predicted octanol–water partition coefficient (Wildman–Crippen LogP) is 1.95. The van der Waals surface area contributed by atoms with Crippen LogP contribution in [0.15, 0.2) is 5.38 Å². The number of nitrogens with zero attached hydrogens (tertiary/aromatic N) is 2. The van der Waals surface area contributed by atoms with E-state index in [1.54, 1.807) is 0 Å². The molecule has 1 aromatic rings. The molecule has 1 aromatic heterocycles. The SMILES string of the molecule is CN1C2CCCC1CC(NCc1csc(C(=O)O)n1)C2. The van der Waals surface area contributed by atoms with E-state index < -0.39 is 5.97 Å². The fourth-order valence-corrected chi connectivity index (χ4v) is 4.17. The normalized spacial score (nSPS) is 30.4. The highest BCUT2D eigenvalue weighted by Gasteiger charge is 2.35. The monoisotopic (exact) mass is 295 g/mol. The minimum absolute atomic E-state index is 0.182. The van der Waals surface area contributed by atoms with E-state index in [2.05, 4.69) is 22.2 Å². The van der Waals surface area contributed by atoms with E-state index in [1.165, 1.54) is 43.4 Å². The fourth-order valence-electron chi connectivity index (χ4n) is 3.52. The van der Waals surface area contributed by atoms with E-state index >= 15 is 0 Å². The molecule has 2 aliphatic heterocycles. The van der Waals surface area contributed by atoms with Crippen molar-refractivity contribution >= 4 is 17.3 Å². The number of aromatic nitrogens is 1. The van der Waals surface area contributed by atoms with Gasteiger partial charge in [0.05, 0.1) is 5.69 Å². The molecule has 110 valence electrons. The first-order valence-corrected chi connectivity index (χ1v) is 8.14.